The van der Waals surface area contributed by atoms with Crippen LogP contribution in [0.2, 0.25) is 0 Å². The molecule has 0 amide bonds. The van der Waals surface area contributed by atoms with Crippen molar-refractivity contribution >= 4 is 11.6 Å². The van der Waals surface area contributed by atoms with Crippen molar-refractivity contribution < 1.29 is 19.0 Å². The first-order valence-corrected chi connectivity index (χ1v) is 9.97. The molecule has 0 bridgehead atoms. The van der Waals surface area contributed by atoms with E-state index in [1.807, 2.05) is 0 Å². The van der Waals surface area contributed by atoms with Gasteiger partial charge >= 0.3 is 5.69 Å². The average molecular weight is 427 g/mol. The van der Waals surface area contributed by atoms with Gasteiger partial charge < -0.3 is 19.5 Å². The number of fused-ring (bicyclic) bond motifs is 1. The Morgan fingerprint density at radius 2 is 1.55 bits per heavy atom. The molecule has 0 spiro atoms. The molecular formula is C22H25N3O6. The van der Waals surface area contributed by atoms with Crippen LogP contribution in [0.15, 0.2) is 33.0 Å². The highest BCUT2D eigenvalue weighted by atomic mass is 16.5. The van der Waals surface area contributed by atoms with Crippen molar-refractivity contribution in [3.63, 3.8) is 0 Å². The Morgan fingerprint density at radius 1 is 0.903 bits per heavy atom. The van der Waals surface area contributed by atoms with E-state index in [9.17, 15) is 14.4 Å². The number of methoxy groups -OCH3 is 3. The van der Waals surface area contributed by atoms with E-state index in [1.165, 1.54) is 32.9 Å². The summed E-state index contributed by atoms with van der Waals surface area (Å²) in [4.78, 5) is 39.0. The van der Waals surface area contributed by atoms with Crippen LogP contribution in [0.25, 0.3) is 0 Å². The first-order valence-electron chi connectivity index (χ1n) is 9.97. The predicted octanol–water partition coefficient (Wildman–Crippen LogP) is 1.67. The van der Waals surface area contributed by atoms with Crippen LogP contribution in [0.3, 0.4) is 0 Å². The Balaban J connectivity index is 2.12. The first kappa shape index (κ1) is 20.8. The summed E-state index contributed by atoms with van der Waals surface area (Å²) in [6.45, 7) is 0. The zero-order chi connectivity index (χ0) is 22.4. The van der Waals surface area contributed by atoms with Gasteiger partial charge in [-0.15, -0.1) is 0 Å². The summed E-state index contributed by atoms with van der Waals surface area (Å²) in [6, 6.07) is 3.41. The summed E-state index contributed by atoms with van der Waals surface area (Å²) < 4.78 is 19.0. The van der Waals surface area contributed by atoms with Crippen molar-refractivity contribution in [3.8, 4) is 17.2 Å². The largest absolute Gasteiger partial charge is 0.496 e. The maximum Gasteiger partial charge on any atom is 0.332 e. The van der Waals surface area contributed by atoms with Gasteiger partial charge in [0.05, 0.1) is 32.8 Å². The van der Waals surface area contributed by atoms with Crippen molar-refractivity contribution in [2.45, 2.75) is 25.2 Å². The van der Waals surface area contributed by atoms with Gasteiger partial charge in [-0.1, -0.05) is 0 Å². The number of hydrogen-bond donors (Lipinski definition) is 1. The van der Waals surface area contributed by atoms with E-state index in [0.717, 1.165) is 10.3 Å². The number of ether oxygens (including phenoxy) is 3. The zero-order valence-corrected chi connectivity index (χ0v) is 18.2. The normalized spacial score (nSPS) is 17.6. The average Bonchev–Trinajstić information content (AvgIpc) is 2.79. The lowest BCUT2D eigenvalue weighted by atomic mass is 9.76. The Labute approximate surface area is 178 Å². The molecule has 0 saturated carbocycles. The maximum absolute atomic E-state index is 13.3. The van der Waals surface area contributed by atoms with Gasteiger partial charge in [-0.3, -0.25) is 18.7 Å². The highest BCUT2D eigenvalue weighted by Gasteiger charge is 2.40. The monoisotopic (exact) mass is 427 g/mol. The maximum atomic E-state index is 13.3. The fourth-order valence-electron chi connectivity index (χ4n) is 4.49. The van der Waals surface area contributed by atoms with Crippen LogP contribution < -0.4 is 30.8 Å². The number of hydrogen-bond acceptors (Lipinski definition) is 7. The van der Waals surface area contributed by atoms with Crippen LogP contribution in [-0.4, -0.2) is 36.2 Å². The molecule has 0 fully saturated rings. The topological polar surface area (TPSA) is 101 Å². The second-order valence-electron chi connectivity index (χ2n) is 7.64. The van der Waals surface area contributed by atoms with Crippen molar-refractivity contribution in [1.29, 1.82) is 0 Å². The first-order chi connectivity index (χ1) is 14.8. The molecule has 9 nitrogen and oxygen atoms in total. The molecule has 2 heterocycles. The summed E-state index contributed by atoms with van der Waals surface area (Å²) in [6.07, 6.45) is 1.75. The molecule has 1 aromatic carbocycles. The molecule has 0 saturated heterocycles. The number of aromatic nitrogens is 2. The highest BCUT2D eigenvalue weighted by molar-refractivity contribution is 6.01. The van der Waals surface area contributed by atoms with Gasteiger partial charge in [0.2, 0.25) is 0 Å². The molecule has 1 N–H and O–H groups in total. The summed E-state index contributed by atoms with van der Waals surface area (Å²) in [5.74, 6) is 1.02. The molecule has 1 atom stereocenters. The fraction of sp³-hybridized carbons (Fsp3) is 0.409. The van der Waals surface area contributed by atoms with Crippen LogP contribution in [0, 0.1) is 0 Å². The number of Topliss-reactive ketones (excluding diaryl/α,β-unsaturated/α-hetero) is 1. The van der Waals surface area contributed by atoms with Gasteiger partial charge in [-0.05, 0) is 18.9 Å². The summed E-state index contributed by atoms with van der Waals surface area (Å²) in [7, 11) is 7.59. The van der Waals surface area contributed by atoms with Crippen LogP contribution in [0.1, 0.15) is 36.3 Å². The molecule has 31 heavy (non-hydrogen) atoms. The van der Waals surface area contributed by atoms with Crippen molar-refractivity contribution in [2.75, 3.05) is 26.6 Å². The standard InChI is InChI=1S/C22H25N3O6/c1-24-20-19(21(27)25(2)22(24)28)17(18-12(23-20)7-6-8-13(18)26)11-9-15(30-4)16(31-5)10-14(11)29-3/h9-10,17,23H,6-8H2,1-5H3/t17-/m1/s1. The molecule has 4 rings (SSSR count). The van der Waals surface area contributed by atoms with E-state index in [0.29, 0.717) is 59.0 Å². The lowest BCUT2D eigenvalue weighted by Crippen LogP contribution is -2.44. The predicted molar refractivity (Wildman–Crippen MR) is 114 cm³/mol. The van der Waals surface area contributed by atoms with E-state index in [-0.39, 0.29) is 5.78 Å². The van der Waals surface area contributed by atoms with Crippen molar-refractivity contribution in [3.05, 3.63) is 55.4 Å². The molecule has 2 aromatic rings. The zero-order valence-electron chi connectivity index (χ0n) is 18.2. The lowest BCUT2D eigenvalue weighted by molar-refractivity contribution is -0.116. The van der Waals surface area contributed by atoms with E-state index in [1.54, 1.807) is 19.2 Å². The molecule has 2 aliphatic rings. The molecule has 1 aliphatic heterocycles. The van der Waals surface area contributed by atoms with Gasteiger partial charge in [0.25, 0.3) is 5.56 Å². The van der Waals surface area contributed by atoms with Gasteiger partial charge in [0, 0.05) is 43.4 Å². The van der Waals surface area contributed by atoms with Gasteiger partial charge in [-0.25, -0.2) is 4.79 Å². The number of carbonyl (C=O) groups excluding carboxylic acids is 1. The molecule has 0 unspecified atom stereocenters. The van der Waals surface area contributed by atoms with E-state index in [4.69, 9.17) is 14.2 Å². The van der Waals surface area contributed by atoms with Crippen molar-refractivity contribution in [1.82, 2.24) is 9.13 Å². The van der Waals surface area contributed by atoms with Crippen LogP contribution >= 0.6 is 0 Å². The minimum Gasteiger partial charge on any atom is -0.496 e. The van der Waals surface area contributed by atoms with Gasteiger partial charge in [0.1, 0.15) is 11.6 Å². The van der Waals surface area contributed by atoms with Crippen LogP contribution in [0.5, 0.6) is 17.2 Å². The second-order valence-corrected chi connectivity index (χ2v) is 7.64. The molecular weight excluding hydrogens is 402 g/mol. The number of benzene rings is 1. The third-order valence-electron chi connectivity index (χ3n) is 6.05. The second kappa shape index (κ2) is 7.64. The summed E-state index contributed by atoms with van der Waals surface area (Å²) in [5.41, 5.74) is 1.28. The van der Waals surface area contributed by atoms with Gasteiger partial charge in [-0.2, -0.15) is 0 Å². The summed E-state index contributed by atoms with van der Waals surface area (Å²) >= 11 is 0. The third kappa shape index (κ3) is 3.03. The minimum atomic E-state index is -0.709. The van der Waals surface area contributed by atoms with Crippen molar-refractivity contribution in [2.24, 2.45) is 14.1 Å². The SMILES string of the molecule is COc1cc(OC)c([C@@H]2C3=C(CCCC3=O)Nc3c2c(=O)n(C)c(=O)n3C)cc1OC. The Bertz CT molecular complexity index is 1240. The number of ketones is 1. The number of nitrogens with zero attached hydrogens (tertiary/aromatic N) is 2. The number of carbonyl (C=O) groups is 1. The molecule has 164 valence electrons. The van der Waals surface area contributed by atoms with Crippen LogP contribution in [0.4, 0.5) is 5.82 Å². The highest BCUT2D eigenvalue weighted by Crippen LogP contribution is 2.48. The fourth-order valence-corrected chi connectivity index (χ4v) is 4.49. The quantitative estimate of drug-likeness (QED) is 0.792. The lowest BCUT2D eigenvalue weighted by Gasteiger charge is -2.35. The summed E-state index contributed by atoms with van der Waals surface area (Å²) in [5, 5.41) is 3.21. The smallest absolute Gasteiger partial charge is 0.332 e. The van der Waals surface area contributed by atoms with E-state index < -0.39 is 17.2 Å². The van der Waals surface area contributed by atoms with Gasteiger partial charge in [0.15, 0.2) is 17.3 Å². The molecule has 0 radical (unpaired) electrons. The number of anilines is 1. The Kier molecular flexibility index (Phi) is 5.12. The minimum absolute atomic E-state index is 0.0304. The van der Waals surface area contributed by atoms with E-state index in [2.05, 4.69) is 5.32 Å². The number of nitrogens with one attached hydrogen (secondary N) is 1. The number of allylic oxidation sites excluding steroid dienone is 2. The third-order valence-corrected chi connectivity index (χ3v) is 6.05. The Morgan fingerprint density at radius 3 is 2.19 bits per heavy atom. The van der Waals surface area contributed by atoms with Crippen LogP contribution in [-0.2, 0) is 18.9 Å². The molecule has 9 heteroatoms. The number of rotatable bonds is 4. The Hall–Kier alpha value is -3.49. The molecule has 1 aromatic heterocycles. The molecule has 1 aliphatic carbocycles. The van der Waals surface area contributed by atoms with E-state index >= 15 is 0 Å².